The first-order valence-electron chi connectivity index (χ1n) is 7.33. The zero-order valence-electron chi connectivity index (χ0n) is 12.6. The fraction of sp³-hybridized carbons (Fsp3) is 0.0588. The minimum Gasteiger partial charge on any atom is -0.423 e. The van der Waals surface area contributed by atoms with Gasteiger partial charge in [0.05, 0.1) is 23.5 Å². The summed E-state index contributed by atoms with van der Waals surface area (Å²) in [7, 11) is 0. The Hall–Kier alpha value is -3.29. The summed E-state index contributed by atoms with van der Waals surface area (Å²) >= 11 is 0. The van der Waals surface area contributed by atoms with Crippen LogP contribution < -0.4 is 5.32 Å². The Morgan fingerprint density at radius 2 is 1.80 bits per heavy atom. The lowest BCUT2D eigenvalue weighted by Gasteiger charge is -2.06. The van der Waals surface area contributed by atoms with Crippen LogP contribution in [0, 0.1) is 0 Å². The third-order valence-corrected chi connectivity index (χ3v) is 3.70. The molecule has 0 unspecified atom stereocenters. The van der Waals surface area contributed by atoms with Crippen molar-refractivity contribution in [2.24, 2.45) is 0 Å². The number of aromatic amines is 1. The second-order valence-electron chi connectivity index (χ2n) is 5.40. The van der Waals surface area contributed by atoms with E-state index >= 15 is 0 Å². The van der Waals surface area contributed by atoms with Crippen molar-refractivity contribution < 1.29 is 17.6 Å². The molecular weight excluding hydrogens is 333 g/mol. The van der Waals surface area contributed by atoms with Gasteiger partial charge in [0.15, 0.2) is 5.76 Å². The van der Waals surface area contributed by atoms with Gasteiger partial charge in [-0.25, -0.2) is 4.98 Å². The summed E-state index contributed by atoms with van der Waals surface area (Å²) in [6, 6.07) is 10.6. The Balaban J connectivity index is 1.55. The minimum absolute atomic E-state index is 0.244. The number of anilines is 2. The molecule has 5 nitrogen and oxygen atoms in total. The van der Waals surface area contributed by atoms with Crippen molar-refractivity contribution in [2.45, 2.75) is 6.18 Å². The highest BCUT2D eigenvalue weighted by atomic mass is 19.4. The molecule has 0 radical (unpaired) electrons. The Morgan fingerprint density at radius 3 is 2.56 bits per heavy atom. The van der Waals surface area contributed by atoms with Gasteiger partial charge in [-0.2, -0.15) is 18.3 Å². The largest absolute Gasteiger partial charge is 0.423 e. The van der Waals surface area contributed by atoms with Crippen molar-refractivity contribution in [2.75, 3.05) is 5.32 Å². The standard InChI is InChI=1S/C17H11F3N4O/c18-17(19,20)12-4-1-10(2-5-12)15-9-21-16(25-15)23-13-6-3-11-8-22-24-14(11)7-13/h1-9H,(H,21,23)(H,22,24). The normalized spacial score (nSPS) is 11.8. The lowest BCUT2D eigenvalue weighted by atomic mass is 10.1. The highest BCUT2D eigenvalue weighted by Crippen LogP contribution is 2.31. The molecule has 0 saturated heterocycles. The molecule has 0 fully saturated rings. The van der Waals surface area contributed by atoms with E-state index in [-0.39, 0.29) is 6.01 Å². The molecule has 2 aromatic carbocycles. The van der Waals surface area contributed by atoms with Crippen LogP contribution in [0.15, 0.2) is 59.3 Å². The predicted molar refractivity (Wildman–Crippen MR) is 86.3 cm³/mol. The van der Waals surface area contributed by atoms with Crippen LogP contribution in [0.4, 0.5) is 24.9 Å². The average Bonchev–Trinajstić information content (AvgIpc) is 3.23. The van der Waals surface area contributed by atoms with Crippen LogP contribution in [0.25, 0.3) is 22.2 Å². The van der Waals surface area contributed by atoms with Crippen LogP contribution in [0.3, 0.4) is 0 Å². The van der Waals surface area contributed by atoms with Crippen LogP contribution in [0.5, 0.6) is 0 Å². The zero-order valence-corrected chi connectivity index (χ0v) is 12.6. The molecule has 0 saturated carbocycles. The Labute approximate surface area is 139 Å². The number of rotatable bonds is 3. The van der Waals surface area contributed by atoms with Gasteiger partial charge in [-0.05, 0) is 30.3 Å². The fourth-order valence-corrected chi connectivity index (χ4v) is 2.43. The quantitative estimate of drug-likeness (QED) is 0.550. The number of halogens is 3. The second-order valence-corrected chi connectivity index (χ2v) is 5.40. The van der Waals surface area contributed by atoms with Crippen molar-refractivity contribution in [3.63, 3.8) is 0 Å². The fourth-order valence-electron chi connectivity index (χ4n) is 2.43. The van der Waals surface area contributed by atoms with E-state index in [0.717, 1.165) is 28.7 Å². The zero-order chi connectivity index (χ0) is 17.4. The van der Waals surface area contributed by atoms with Crippen molar-refractivity contribution in [3.05, 3.63) is 60.4 Å². The molecule has 2 heterocycles. The van der Waals surface area contributed by atoms with E-state index in [0.29, 0.717) is 11.3 Å². The first kappa shape index (κ1) is 15.3. The van der Waals surface area contributed by atoms with Gasteiger partial charge in [0.25, 0.3) is 6.01 Å². The summed E-state index contributed by atoms with van der Waals surface area (Å²) in [6.07, 6.45) is -1.19. The molecule has 4 rings (SSSR count). The van der Waals surface area contributed by atoms with Crippen molar-refractivity contribution in [1.29, 1.82) is 0 Å². The molecule has 0 amide bonds. The number of benzene rings is 2. The molecule has 4 aromatic rings. The molecule has 0 aliphatic rings. The van der Waals surface area contributed by atoms with Gasteiger partial charge < -0.3 is 9.73 Å². The summed E-state index contributed by atoms with van der Waals surface area (Å²) in [5.41, 5.74) is 1.41. The molecule has 8 heteroatoms. The summed E-state index contributed by atoms with van der Waals surface area (Å²) in [4.78, 5) is 4.10. The number of aromatic nitrogens is 3. The Morgan fingerprint density at radius 1 is 1.00 bits per heavy atom. The van der Waals surface area contributed by atoms with E-state index in [1.54, 1.807) is 6.20 Å². The van der Waals surface area contributed by atoms with Crippen LogP contribution in [0.2, 0.25) is 0 Å². The molecule has 0 spiro atoms. The number of H-pyrrole nitrogens is 1. The van der Waals surface area contributed by atoms with Gasteiger partial charge in [0.1, 0.15) is 0 Å². The number of nitrogens with zero attached hydrogens (tertiary/aromatic N) is 2. The van der Waals surface area contributed by atoms with E-state index in [4.69, 9.17) is 4.42 Å². The third kappa shape index (κ3) is 3.06. The highest BCUT2D eigenvalue weighted by Gasteiger charge is 2.30. The number of hydrogen-bond acceptors (Lipinski definition) is 4. The van der Waals surface area contributed by atoms with Crippen molar-refractivity contribution in [3.8, 4) is 11.3 Å². The van der Waals surface area contributed by atoms with Gasteiger partial charge in [-0.1, -0.05) is 12.1 Å². The van der Waals surface area contributed by atoms with Crippen LogP contribution in [-0.2, 0) is 6.18 Å². The topological polar surface area (TPSA) is 66.7 Å². The number of fused-ring (bicyclic) bond motifs is 1. The number of nitrogens with one attached hydrogen (secondary N) is 2. The molecule has 25 heavy (non-hydrogen) atoms. The lowest BCUT2D eigenvalue weighted by molar-refractivity contribution is -0.137. The molecule has 0 aliphatic carbocycles. The maximum atomic E-state index is 12.6. The number of oxazole rings is 1. The Bertz CT molecular complexity index is 1020. The average molecular weight is 344 g/mol. The van der Waals surface area contributed by atoms with Crippen molar-refractivity contribution in [1.82, 2.24) is 15.2 Å². The summed E-state index contributed by atoms with van der Waals surface area (Å²) in [5, 5.41) is 10.8. The van der Waals surface area contributed by atoms with Crippen LogP contribution in [0.1, 0.15) is 5.56 Å². The van der Waals surface area contributed by atoms with E-state index in [9.17, 15) is 13.2 Å². The van der Waals surface area contributed by atoms with E-state index in [2.05, 4.69) is 20.5 Å². The van der Waals surface area contributed by atoms with Gasteiger partial charge in [-0.3, -0.25) is 5.10 Å². The number of alkyl halides is 3. The van der Waals surface area contributed by atoms with Gasteiger partial charge >= 0.3 is 6.18 Å². The predicted octanol–water partition coefficient (Wildman–Crippen LogP) is 4.98. The molecule has 0 atom stereocenters. The first-order chi connectivity index (χ1) is 12.0. The molecule has 0 aliphatic heterocycles. The van der Waals surface area contributed by atoms with Crippen LogP contribution in [-0.4, -0.2) is 15.2 Å². The van der Waals surface area contributed by atoms with Gasteiger partial charge in [0, 0.05) is 16.6 Å². The second kappa shape index (κ2) is 5.66. The third-order valence-electron chi connectivity index (χ3n) is 3.70. The van der Waals surface area contributed by atoms with Crippen LogP contribution >= 0.6 is 0 Å². The smallest absolute Gasteiger partial charge is 0.416 e. The van der Waals surface area contributed by atoms with E-state index < -0.39 is 11.7 Å². The molecule has 0 bridgehead atoms. The van der Waals surface area contributed by atoms with E-state index in [1.165, 1.54) is 18.3 Å². The summed E-state index contributed by atoms with van der Waals surface area (Å²) in [5.74, 6) is 0.374. The molecular formula is C17H11F3N4O. The monoisotopic (exact) mass is 344 g/mol. The maximum absolute atomic E-state index is 12.6. The maximum Gasteiger partial charge on any atom is 0.416 e. The molecule has 2 N–H and O–H groups in total. The van der Waals surface area contributed by atoms with E-state index in [1.807, 2.05) is 18.2 Å². The molecule has 2 aromatic heterocycles. The molecule has 126 valence electrons. The van der Waals surface area contributed by atoms with Gasteiger partial charge in [-0.15, -0.1) is 0 Å². The minimum atomic E-state index is -4.36. The SMILES string of the molecule is FC(F)(F)c1ccc(-c2cnc(Nc3ccc4cn[nH]c4c3)o2)cc1. The first-order valence-corrected chi connectivity index (χ1v) is 7.33. The highest BCUT2D eigenvalue weighted by molar-refractivity contribution is 5.82. The van der Waals surface area contributed by atoms with Crippen molar-refractivity contribution >= 4 is 22.6 Å². The lowest BCUT2D eigenvalue weighted by Crippen LogP contribution is -2.03. The Kier molecular flexibility index (Phi) is 3.45. The number of hydrogen-bond donors (Lipinski definition) is 2. The summed E-state index contributed by atoms with van der Waals surface area (Å²) in [6.45, 7) is 0. The van der Waals surface area contributed by atoms with Gasteiger partial charge in [0.2, 0.25) is 0 Å². The summed E-state index contributed by atoms with van der Waals surface area (Å²) < 4.78 is 43.4.